The number of phenols is 1. The third kappa shape index (κ3) is 3.77. The summed E-state index contributed by atoms with van der Waals surface area (Å²) in [7, 11) is 0. The molecule has 2 aromatic carbocycles. The number of para-hydroxylation sites is 1. The van der Waals surface area contributed by atoms with Crippen molar-refractivity contribution in [2.75, 3.05) is 29.4 Å². The molecule has 2 heterocycles. The van der Waals surface area contributed by atoms with Gasteiger partial charge in [-0.3, -0.25) is 4.79 Å². The van der Waals surface area contributed by atoms with Crippen LogP contribution < -0.4 is 15.1 Å². The lowest BCUT2D eigenvalue weighted by Crippen LogP contribution is -2.55. The summed E-state index contributed by atoms with van der Waals surface area (Å²) < 4.78 is 0. The molecule has 140 valence electrons. The predicted molar refractivity (Wildman–Crippen MR) is 108 cm³/mol. The van der Waals surface area contributed by atoms with Crippen molar-refractivity contribution < 1.29 is 9.90 Å². The molecule has 0 aliphatic carbocycles. The number of allylic oxidation sites excluding steroid dienone is 1. The molecule has 5 nitrogen and oxygen atoms in total. The lowest BCUT2D eigenvalue weighted by Gasteiger charge is -2.44. The van der Waals surface area contributed by atoms with Crippen LogP contribution in [0.5, 0.6) is 5.75 Å². The van der Waals surface area contributed by atoms with Crippen molar-refractivity contribution in [3.8, 4) is 5.75 Å². The molecule has 0 saturated carbocycles. The van der Waals surface area contributed by atoms with Crippen molar-refractivity contribution in [1.82, 2.24) is 5.32 Å². The van der Waals surface area contributed by atoms with E-state index in [0.29, 0.717) is 6.42 Å². The van der Waals surface area contributed by atoms with Crippen LogP contribution in [0.4, 0.5) is 11.4 Å². The molecule has 0 aromatic heterocycles. The fourth-order valence-corrected chi connectivity index (χ4v) is 4.12. The molecule has 0 bridgehead atoms. The number of piperazine rings is 1. The van der Waals surface area contributed by atoms with E-state index in [2.05, 4.69) is 46.0 Å². The molecule has 2 aromatic rings. The number of nitrogens with zero attached hydrogens (tertiary/aromatic N) is 2. The van der Waals surface area contributed by atoms with Gasteiger partial charge in [0.2, 0.25) is 0 Å². The first-order valence-corrected chi connectivity index (χ1v) is 9.43. The Morgan fingerprint density at radius 1 is 1.07 bits per heavy atom. The van der Waals surface area contributed by atoms with E-state index in [1.165, 1.54) is 5.69 Å². The van der Waals surface area contributed by atoms with Gasteiger partial charge in [-0.15, -0.1) is 0 Å². The second-order valence-electron chi connectivity index (χ2n) is 7.33. The Hall–Kier alpha value is -2.95. The van der Waals surface area contributed by atoms with Crippen LogP contribution in [0.3, 0.4) is 0 Å². The van der Waals surface area contributed by atoms with E-state index in [1.54, 1.807) is 12.1 Å². The summed E-state index contributed by atoms with van der Waals surface area (Å²) in [5.74, 6) is 0.480. The van der Waals surface area contributed by atoms with Crippen molar-refractivity contribution in [2.24, 2.45) is 0 Å². The lowest BCUT2D eigenvalue weighted by molar-refractivity contribution is -0.118. The third-order valence-electron chi connectivity index (χ3n) is 5.43. The van der Waals surface area contributed by atoms with Crippen LogP contribution in [0.15, 0.2) is 66.9 Å². The van der Waals surface area contributed by atoms with E-state index in [4.69, 9.17) is 0 Å². The van der Waals surface area contributed by atoms with E-state index in [0.717, 1.165) is 37.4 Å². The molecular weight excluding hydrogens is 338 g/mol. The number of phenolic OH excluding ortho intramolecular Hbond substituents is 1. The first-order chi connectivity index (χ1) is 13.1. The number of nitrogens with one attached hydrogen (secondary N) is 1. The first-order valence-electron chi connectivity index (χ1n) is 9.43. The van der Waals surface area contributed by atoms with E-state index in [1.807, 2.05) is 18.2 Å². The zero-order valence-electron chi connectivity index (χ0n) is 15.3. The average molecular weight is 363 g/mol. The summed E-state index contributed by atoms with van der Waals surface area (Å²) in [5, 5.41) is 13.2. The minimum absolute atomic E-state index is 0.160. The van der Waals surface area contributed by atoms with Gasteiger partial charge in [0, 0.05) is 55.2 Å². The monoisotopic (exact) mass is 363 g/mol. The number of Topliss-reactive ketones (excluding diaryl/α,β-unsaturated/α-hetero) is 1. The Bertz CT molecular complexity index is 836. The van der Waals surface area contributed by atoms with Gasteiger partial charge in [0.25, 0.3) is 0 Å². The van der Waals surface area contributed by atoms with Gasteiger partial charge in [-0.05, 0) is 30.7 Å². The highest BCUT2D eigenvalue weighted by atomic mass is 16.3. The zero-order valence-corrected chi connectivity index (χ0v) is 15.3. The van der Waals surface area contributed by atoms with Crippen LogP contribution >= 0.6 is 0 Å². The molecule has 2 saturated heterocycles. The maximum atomic E-state index is 12.3. The van der Waals surface area contributed by atoms with Crippen LogP contribution in [0.1, 0.15) is 12.8 Å². The molecule has 2 atom stereocenters. The molecule has 2 aliphatic rings. The predicted octanol–water partition coefficient (Wildman–Crippen LogP) is 2.92. The van der Waals surface area contributed by atoms with Crippen LogP contribution in [0.25, 0.3) is 0 Å². The molecule has 0 spiro atoms. The van der Waals surface area contributed by atoms with E-state index >= 15 is 0 Å². The van der Waals surface area contributed by atoms with E-state index in [9.17, 15) is 9.90 Å². The molecule has 2 unspecified atom stereocenters. The number of benzene rings is 2. The van der Waals surface area contributed by atoms with Gasteiger partial charge in [0.1, 0.15) is 5.75 Å². The number of hydrogen-bond donors (Lipinski definition) is 2. The van der Waals surface area contributed by atoms with Crippen molar-refractivity contribution in [2.45, 2.75) is 24.9 Å². The summed E-state index contributed by atoms with van der Waals surface area (Å²) in [5.41, 5.74) is 3.01. The summed E-state index contributed by atoms with van der Waals surface area (Å²) in [4.78, 5) is 17.0. The minimum atomic E-state index is -0.182. The van der Waals surface area contributed by atoms with Crippen molar-refractivity contribution in [1.29, 1.82) is 0 Å². The SMILES string of the molecule is C=C1CC(=O)C(CC2CN(c3ccccc3)CCN2c2cccc(O)c2)N1. The maximum Gasteiger partial charge on any atom is 0.160 e. The number of carbonyl (C=O) groups excluding carboxylic acids is 1. The van der Waals surface area contributed by atoms with Crippen LogP contribution in [0.2, 0.25) is 0 Å². The van der Waals surface area contributed by atoms with E-state index < -0.39 is 0 Å². The summed E-state index contributed by atoms with van der Waals surface area (Å²) >= 11 is 0. The van der Waals surface area contributed by atoms with Crippen LogP contribution in [0, 0.1) is 0 Å². The van der Waals surface area contributed by atoms with Crippen LogP contribution in [-0.4, -0.2) is 42.6 Å². The van der Waals surface area contributed by atoms with Gasteiger partial charge in [-0.1, -0.05) is 30.8 Å². The summed E-state index contributed by atoms with van der Waals surface area (Å²) in [6.07, 6.45) is 1.14. The normalized spacial score (nSPS) is 22.8. The Labute approximate surface area is 159 Å². The van der Waals surface area contributed by atoms with Crippen molar-refractivity contribution >= 4 is 17.2 Å². The van der Waals surface area contributed by atoms with Gasteiger partial charge >= 0.3 is 0 Å². The number of rotatable bonds is 4. The van der Waals surface area contributed by atoms with Gasteiger partial charge in [-0.2, -0.15) is 0 Å². The highest BCUT2D eigenvalue weighted by Crippen LogP contribution is 2.29. The minimum Gasteiger partial charge on any atom is -0.508 e. The fraction of sp³-hybridized carbons (Fsp3) is 0.318. The van der Waals surface area contributed by atoms with Gasteiger partial charge in [-0.25, -0.2) is 0 Å². The fourth-order valence-electron chi connectivity index (χ4n) is 4.12. The highest BCUT2D eigenvalue weighted by molar-refractivity contribution is 5.89. The Kier molecular flexibility index (Phi) is 4.75. The molecule has 5 heteroatoms. The number of anilines is 2. The molecule has 2 N–H and O–H groups in total. The highest BCUT2D eigenvalue weighted by Gasteiger charge is 2.34. The van der Waals surface area contributed by atoms with Gasteiger partial charge in [0.05, 0.1) is 6.04 Å². The lowest BCUT2D eigenvalue weighted by atomic mass is 9.99. The second-order valence-corrected chi connectivity index (χ2v) is 7.33. The molecule has 0 radical (unpaired) electrons. The van der Waals surface area contributed by atoms with Crippen LogP contribution in [-0.2, 0) is 4.79 Å². The summed E-state index contributed by atoms with van der Waals surface area (Å²) in [6, 6.07) is 17.7. The summed E-state index contributed by atoms with van der Waals surface area (Å²) in [6.45, 7) is 6.48. The van der Waals surface area contributed by atoms with Crippen molar-refractivity contribution in [3.05, 3.63) is 66.9 Å². The first kappa shape index (κ1) is 17.5. The Morgan fingerprint density at radius 2 is 1.85 bits per heavy atom. The number of ketones is 1. The van der Waals surface area contributed by atoms with Crippen molar-refractivity contribution in [3.63, 3.8) is 0 Å². The Balaban J connectivity index is 1.58. The van der Waals surface area contributed by atoms with Gasteiger partial charge in [0.15, 0.2) is 5.78 Å². The second kappa shape index (κ2) is 7.35. The quantitative estimate of drug-likeness (QED) is 0.875. The molecule has 2 aliphatic heterocycles. The zero-order chi connectivity index (χ0) is 18.8. The molecule has 4 rings (SSSR count). The average Bonchev–Trinajstić information content (AvgIpc) is 2.99. The topological polar surface area (TPSA) is 55.8 Å². The number of hydrogen-bond acceptors (Lipinski definition) is 5. The Morgan fingerprint density at radius 3 is 2.56 bits per heavy atom. The van der Waals surface area contributed by atoms with E-state index in [-0.39, 0.29) is 23.6 Å². The molecule has 27 heavy (non-hydrogen) atoms. The van der Waals surface area contributed by atoms with Gasteiger partial charge < -0.3 is 20.2 Å². The standard InChI is InChI=1S/C22H25N3O2/c1-16-12-22(27)21(23-16)14-19-15-24(17-6-3-2-4-7-17)10-11-25(19)18-8-5-9-20(26)13-18/h2-9,13,19,21,23,26H,1,10-12,14-15H2. The number of carbonyl (C=O) groups is 1. The maximum absolute atomic E-state index is 12.3. The smallest absolute Gasteiger partial charge is 0.160 e. The largest absolute Gasteiger partial charge is 0.508 e. The molecular formula is C22H25N3O2. The molecule has 2 fully saturated rings. The third-order valence-corrected chi connectivity index (χ3v) is 5.43. The molecule has 0 amide bonds. The number of aromatic hydroxyl groups is 1.